The van der Waals surface area contributed by atoms with Crippen molar-refractivity contribution in [2.75, 3.05) is 0 Å². The minimum absolute atomic E-state index is 0.262. The lowest BCUT2D eigenvalue weighted by Gasteiger charge is -2.03. The van der Waals surface area contributed by atoms with Gasteiger partial charge in [0.05, 0.1) is 4.90 Å². The fourth-order valence-corrected chi connectivity index (χ4v) is 3.25. The SMILES string of the molecule is O=S(=O)(c1ccc(Sc2nnc(-c3ccccc3)o2)cc1)C(F)F. The third-order valence-corrected chi connectivity index (χ3v) is 5.27. The van der Waals surface area contributed by atoms with E-state index in [0.717, 1.165) is 29.5 Å². The summed E-state index contributed by atoms with van der Waals surface area (Å²) in [6.45, 7) is 0. The summed E-state index contributed by atoms with van der Waals surface area (Å²) in [7, 11) is -4.59. The Labute approximate surface area is 140 Å². The van der Waals surface area contributed by atoms with Crippen LogP contribution in [0, 0.1) is 0 Å². The zero-order valence-corrected chi connectivity index (χ0v) is 13.6. The molecule has 0 aliphatic carbocycles. The number of hydrogen-bond donors (Lipinski definition) is 0. The smallest absolute Gasteiger partial charge is 0.341 e. The summed E-state index contributed by atoms with van der Waals surface area (Å²) >= 11 is 1.11. The van der Waals surface area contributed by atoms with Crippen LogP contribution in [0.2, 0.25) is 0 Å². The molecule has 5 nitrogen and oxygen atoms in total. The molecule has 0 spiro atoms. The van der Waals surface area contributed by atoms with Crippen LogP contribution in [0.25, 0.3) is 11.5 Å². The van der Waals surface area contributed by atoms with E-state index in [1.165, 1.54) is 12.1 Å². The van der Waals surface area contributed by atoms with Crippen LogP contribution in [-0.4, -0.2) is 24.4 Å². The first kappa shape index (κ1) is 16.6. The Bertz CT molecular complexity index is 927. The lowest BCUT2D eigenvalue weighted by molar-refractivity contribution is 0.234. The Morgan fingerprint density at radius 2 is 1.62 bits per heavy atom. The minimum atomic E-state index is -4.59. The van der Waals surface area contributed by atoms with E-state index in [4.69, 9.17) is 4.42 Å². The second kappa shape index (κ2) is 6.70. The van der Waals surface area contributed by atoms with Gasteiger partial charge in [-0.1, -0.05) is 18.2 Å². The molecule has 0 aliphatic rings. The second-order valence-electron chi connectivity index (χ2n) is 4.62. The molecule has 9 heteroatoms. The van der Waals surface area contributed by atoms with Crippen LogP contribution in [0.5, 0.6) is 0 Å². The molecule has 24 heavy (non-hydrogen) atoms. The Morgan fingerprint density at radius 1 is 0.958 bits per heavy atom. The fourth-order valence-electron chi connectivity index (χ4n) is 1.85. The van der Waals surface area contributed by atoms with Crippen molar-refractivity contribution in [2.45, 2.75) is 20.8 Å². The molecule has 0 atom stereocenters. The van der Waals surface area contributed by atoms with Gasteiger partial charge in [-0.25, -0.2) is 8.42 Å². The van der Waals surface area contributed by atoms with Crippen LogP contribution in [0.4, 0.5) is 8.78 Å². The van der Waals surface area contributed by atoms with E-state index in [2.05, 4.69) is 10.2 Å². The van der Waals surface area contributed by atoms with Crippen molar-refractivity contribution in [3.05, 3.63) is 54.6 Å². The van der Waals surface area contributed by atoms with Crippen molar-refractivity contribution in [1.82, 2.24) is 10.2 Å². The van der Waals surface area contributed by atoms with Crippen molar-refractivity contribution in [3.8, 4) is 11.5 Å². The van der Waals surface area contributed by atoms with E-state index < -0.39 is 20.5 Å². The summed E-state index contributed by atoms with van der Waals surface area (Å²) in [4.78, 5) is 0.156. The highest BCUT2D eigenvalue weighted by Crippen LogP contribution is 2.30. The van der Waals surface area contributed by atoms with Crippen molar-refractivity contribution < 1.29 is 21.6 Å². The first-order valence-electron chi connectivity index (χ1n) is 6.66. The van der Waals surface area contributed by atoms with Crippen LogP contribution < -0.4 is 0 Å². The first-order chi connectivity index (χ1) is 11.5. The van der Waals surface area contributed by atoms with E-state index in [0.29, 0.717) is 10.8 Å². The van der Waals surface area contributed by atoms with Gasteiger partial charge in [-0.3, -0.25) is 0 Å². The van der Waals surface area contributed by atoms with Gasteiger partial charge >= 0.3 is 5.76 Å². The average molecular weight is 368 g/mol. The molecule has 0 saturated heterocycles. The normalized spacial score (nSPS) is 11.8. The van der Waals surface area contributed by atoms with Gasteiger partial charge in [0.15, 0.2) is 0 Å². The van der Waals surface area contributed by atoms with Crippen LogP contribution in [0.3, 0.4) is 0 Å². The van der Waals surface area contributed by atoms with Crippen LogP contribution in [-0.2, 0) is 9.84 Å². The van der Waals surface area contributed by atoms with Crippen LogP contribution in [0.15, 0.2) is 74.0 Å². The molecule has 0 bridgehead atoms. The maximum Gasteiger partial charge on any atom is 0.341 e. The van der Waals surface area contributed by atoms with E-state index in [-0.39, 0.29) is 5.22 Å². The third kappa shape index (κ3) is 3.46. The van der Waals surface area contributed by atoms with Gasteiger partial charge in [0, 0.05) is 10.5 Å². The average Bonchev–Trinajstić information content (AvgIpc) is 3.04. The molecule has 3 aromatic rings. The Kier molecular flexibility index (Phi) is 4.63. The summed E-state index contributed by atoms with van der Waals surface area (Å²) in [5, 5.41) is 8.09. The van der Waals surface area contributed by atoms with E-state index >= 15 is 0 Å². The number of alkyl halides is 2. The molecule has 124 valence electrons. The molecular weight excluding hydrogens is 358 g/mol. The highest BCUT2D eigenvalue weighted by Gasteiger charge is 2.26. The molecular formula is C15H10F2N2O3S2. The molecule has 0 N–H and O–H groups in total. The van der Waals surface area contributed by atoms with Gasteiger partial charge < -0.3 is 4.42 Å². The van der Waals surface area contributed by atoms with E-state index in [9.17, 15) is 17.2 Å². The number of benzene rings is 2. The number of rotatable bonds is 5. The van der Waals surface area contributed by atoms with Gasteiger partial charge in [-0.05, 0) is 48.2 Å². The van der Waals surface area contributed by atoms with Gasteiger partial charge in [-0.15, -0.1) is 10.2 Å². The fraction of sp³-hybridized carbons (Fsp3) is 0.0667. The van der Waals surface area contributed by atoms with Crippen molar-refractivity contribution in [1.29, 1.82) is 0 Å². The topological polar surface area (TPSA) is 73.1 Å². The van der Waals surface area contributed by atoms with Crippen molar-refractivity contribution >= 4 is 21.6 Å². The van der Waals surface area contributed by atoms with Gasteiger partial charge in [0.1, 0.15) is 0 Å². The molecule has 0 fully saturated rings. The number of hydrogen-bond acceptors (Lipinski definition) is 6. The Hall–Kier alpha value is -2.26. The molecule has 0 unspecified atom stereocenters. The predicted molar refractivity (Wildman–Crippen MR) is 83.5 cm³/mol. The largest absolute Gasteiger partial charge is 0.411 e. The Balaban J connectivity index is 1.77. The van der Waals surface area contributed by atoms with E-state index in [1.54, 1.807) is 0 Å². The summed E-state index contributed by atoms with van der Waals surface area (Å²) in [6.07, 6.45) is 0. The highest BCUT2D eigenvalue weighted by atomic mass is 32.2. The number of sulfone groups is 1. The van der Waals surface area contributed by atoms with Crippen LogP contribution >= 0.6 is 11.8 Å². The zero-order chi connectivity index (χ0) is 17.2. The second-order valence-corrected chi connectivity index (χ2v) is 7.56. The Morgan fingerprint density at radius 3 is 2.25 bits per heavy atom. The maximum absolute atomic E-state index is 12.5. The lowest BCUT2D eigenvalue weighted by atomic mass is 10.2. The van der Waals surface area contributed by atoms with E-state index in [1.807, 2.05) is 30.3 Å². The molecule has 0 aliphatic heterocycles. The molecule has 2 aromatic carbocycles. The number of aromatic nitrogens is 2. The van der Waals surface area contributed by atoms with Gasteiger partial charge in [-0.2, -0.15) is 8.78 Å². The molecule has 0 radical (unpaired) electrons. The summed E-state index contributed by atoms with van der Waals surface area (Å²) < 4.78 is 53.2. The van der Waals surface area contributed by atoms with Gasteiger partial charge in [0.25, 0.3) is 5.22 Å². The predicted octanol–water partition coefficient (Wildman–Crippen LogP) is 3.88. The van der Waals surface area contributed by atoms with Crippen LogP contribution in [0.1, 0.15) is 0 Å². The van der Waals surface area contributed by atoms with Crippen molar-refractivity contribution in [2.24, 2.45) is 0 Å². The molecule has 0 saturated carbocycles. The quantitative estimate of drug-likeness (QED) is 0.680. The van der Waals surface area contributed by atoms with Crippen molar-refractivity contribution in [3.63, 3.8) is 0 Å². The number of halogens is 2. The number of nitrogens with zero attached hydrogens (tertiary/aromatic N) is 2. The monoisotopic (exact) mass is 368 g/mol. The first-order valence-corrected chi connectivity index (χ1v) is 9.02. The third-order valence-electron chi connectivity index (χ3n) is 3.02. The molecule has 3 rings (SSSR count). The lowest BCUT2D eigenvalue weighted by Crippen LogP contribution is -2.10. The summed E-state index contributed by atoms with van der Waals surface area (Å²) in [5.41, 5.74) is 0.773. The minimum Gasteiger partial charge on any atom is -0.411 e. The van der Waals surface area contributed by atoms with Gasteiger partial charge in [0.2, 0.25) is 15.7 Å². The maximum atomic E-state index is 12.5. The molecule has 1 aromatic heterocycles. The highest BCUT2D eigenvalue weighted by molar-refractivity contribution is 7.99. The molecule has 1 heterocycles. The zero-order valence-electron chi connectivity index (χ0n) is 12.0. The summed E-state index contributed by atoms with van der Waals surface area (Å²) in [5.74, 6) is -3.09. The summed E-state index contributed by atoms with van der Waals surface area (Å²) in [6, 6.07) is 14.3. The standard InChI is InChI=1S/C15H10F2N2O3S2/c16-14(17)24(20,21)12-8-6-11(7-9-12)23-15-19-18-13(22-15)10-4-2-1-3-5-10/h1-9,14H. The molecule has 0 amide bonds.